The second-order valence-corrected chi connectivity index (χ2v) is 9.88. The van der Waals surface area contributed by atoms with Crippen LogP contribution in [0.2, 0.25) is 0 Å². The van der Waals surface area contributed by atoms with Crippen LogP contribution in [-0.2, 0) is 21.8 Å². The Morgan fingerprint density at radius 2 is 2.03 bits per heavy atom. The number of imidazole rings is 1. The third-order valence-corrected chi connectivity index (χ3v) is 6.70. The summed E-state index contributed by atoms with van der Waals surface area (Å²) < 4.78 is 40.9. The third-order valence-electron chi connectivity index (χ3n) is 5.44. The fourth-order valence-electron chi connectivity index (χ4n) is 3.45. The number of hydrogen-bond donors (Lipinski definition) is 2. The molecule has 0 saturated carbocycles. The van der Waals surface area contributed by atoms with Crippen molar-refractivity contribution in [2.75, 3.05) is 38.6 Å². The number of carbonyl (C=O) groups is 1. The predicted octanol–water partition coefficient (Wildman–Crippen LogP) is 1.31. The van der Waals surface area contributed by atoms with Crippen molar-refractivity contribution in [1.82, 2.24) is 19.8 Å². The number of rotatable bonds is 4. The molecule has 1 aromatic heterocycles. The maximum absolute atomic E-state index is 13.1. The number of methoxy groups -OCH3 is 1. The zero-order chi connectivity index (χ0) is 23.5. The van der Waals surface area contributed by atoms with Crippen LogP contribution in [0.3, 0.4) is 0 Å². The zero-order valence-corrected chi connectivity index (χ0v) is 19.8. The highest BCUT2D eigenvalue weighted by Crippen LogP contribution is 2.27. The fraction of sp³-hybridized carbons (Fsp3) is 0.524. The van der Waals surface area contributed by atoms with E-state index in [1.165, 1.54) is 18.6 Å². The number of fused-ring (bicyclic) bond motifs is 1. The minimum Gasteiger partial charge on any atom is -0.491 e. The Morgan fingerprint density at radius 3 is 2.69 bits per heavy atom. The molecule has 11 heteroatoms. The van der Waals surface area contributed by atoms with Gasteiger partial charge in [-0.15, -0.1) is 0 Å². The molecule has 0 spiro atoms. The number of nitrogens with zero attached hydrogens (tertiary/aromatic N) is 3. The minimum atomic E-state index is -3.87. The maximum atomic E-state index is 13.1. The van der Waals surface area contributed by atoms with E-state index in [1.54, 1.807) is 42.8 Å². The monoisotopic (exact) mass is 465 g/mol. The minimum absolute atomic E-state index is 0.0175. The first-order chi connectivity index (χ1) is 15.1. The van der Waals surface area contributed by atoms with E-state index < -0.39 is 10.0 Å². The summed E-state index contributed by atoms with van der Waals surface area (Å²) in [7, 11) is 1.17. The molecule has 0 radical (unpaired) electrons. The number of aryl methyl sites for hydroxylation is 1. The van der Waals surface area contributed by atoms with E-state index in [2.05, 4.69) is 21.9 Å². The van der Waals surface area contributed by atoms with Crippen molar-refractivity contribution in [1.29, 1.82) is 0 Å². The van der Waals surface area contributed by atoms with Crippen LogP contribution >= 0.6 is 0 Å². The van der Waals surface area contributed by atoms with Crippen molar-refractivity contribution in [2.24, 2.45) is 13.0 Å². The lowest BCUT2D eigenvalue weighted by molar-refractivity contribution is 0.0281. The third kappa shape index (κ3) is 5.59. The van der Waals surface area contributed by atoms with Gasteiger partial charge in [0.25, 0.3) is 15.9 Å². The van der Waals surface area contributed by atoms with Crippen LogP contribution in [0.5, 0.6) is 5.75 Å². The van der Waals surface area contributed by atoms with Gasteiger partial charge < -0.3 is 24.3 Å². The predicted molar refractivity (Wildman–Crippen MR) is 120 cm³/mol. The van der Waals surface area contributed by atoms with Crippen molar-refractivity contribution in [3.63, 3.8) is 0 Å². The number of ether oxygens (including phenoxy) is 2. The number of anilines is 1. The van der Waals surface area contributed by atoms with E-state index in [9.17, 15) is 13.2 Å². The van der Waals surface area contributed by atoms with Gasteiger partial charge in [-0.1, -0.05) is 6.92 Å². The summed E-state index contributed by atoms with van der Waals surface area (Å²) in [5.74, 6) is 0.272. The Hall–Kier alpha value is -2.63. The summed E-state index contributed by atoms with van der Waals surface area (Å²) in [6.07, 6.45) is 2.69. The molecule has 0 saturated heterocycles. The first-order valence-corrected chi connectivity index (χ1v) is 11.9. The molecule has 1 amide bonds. The second-order valence-electron chi connectivity index (χ2n) is 8.25. The zero-order valence-electron chi connectivity index (χ0n) is 19.0. The Kier molecular flexibility index (Phi) is 7.42. The highest BCUT2D eigenvalue weighted by Gasteiger charge is 2.26. The standard InChI is InChI=1S/C21H31N5O5S/c1-14-9-22-15(2)12-31-18-8-16(24-32(28,29)20-11-25(3)13-23-20)6-7-17(18)21(27)26(4)10-19(14)30-5/h6-8,11,13-15,19,22,24H,9-10,12H2,1-5H3/t14-,15-,19-/m0/s1. The van der Waals surface area contributed by atoms with Crippen molar-refractivity contribution in [2.45, 2.75) is 31.0 Å². The Labute approximate surface area is 189 Å². The molecule has 1 aromatic carbocycles. The molecule has 0 bridgehead atoms. The first-order valence-electron chi connectivity index (χ1n) is 10.4. The molecule has 176 valence electrons. The molecule has 1 aliphatic heterocycles. The summed E-state index contributed by atoms with van der Waals surface area (Å²) >= 11 is 0. The molecule has 3 atom stereocenters. The number of likely N-dealkylation sites (N-methyl/N-ethyl adjacent to an activating group) is 1. The van der Waals surface area contributed by atoms with Crippen molar-refractivity contribution >= 4 is 21.6 Å². The lowest BCUT2D eigenvalue weighted by atomic mass is 10.0. The quantitative estimate of drug-likeness (QED) is 0.700. The van der Waals surface area contributed by atoms with Gasteiger partial charge >= 0.3 is 0 Å². The highest BCUT2D eigenvalue weighted by molar-refractivity contribution is 7.92. The van der Waals surface area contributed by atoms with Gasteiger partial charge in [0, 0.05) is 52.6 Å². The SMILES string of the molecule is CO[C@H]1CN(C)C(=O)c2ccc(NS(=O)(=O)c3cn(C)cn3)cc2OC[C@H](C)NC[C@@H]1C. The number of sulfonamides is 1. The summed E-state index contributed by atoms with van der Waals surface area (Å²) in [4.78, 5) is 18.6. The molecular formula is C21H31N5O5S. The van der Waals surface area contributed by atoms with Gasteiger partial charge in [-0.05, 0) is 25.0 Å². The smallest absolute Gasteiger partial charge is 0.280 e. The van der Waals surface area contributed by atoms with E-state index in [0.717, 1.165) is 0 Å². The van der Waals surface area contributed by atoms with Crippen LogP contribution in [0.4, 0.5) is 5.69 Å². The molecule has 2 N–H and O–H groups in total. The Bertz CT molecular complexity index is 1050. The van der Waals surface area contributed by atoms with Crippen LogP contribution in [0.15, 0.2) is 35.7 Å². The number of amides is 1. The second kappa shape index (κ2) is 9.88. The summed E-state index contributed by atoms with van der Waals surface area (Å²) in [5.41, 5.74) is 0.629. The number of benzene rings is 1. The highest BCUT2D eigenvalue weighted by atomic mass is 32.2. The van der Waals surface area contributed by atoms with Crippen molar-refractivity contribution < 1.29 is 22.7 Å². The Morgan fingerprint density at radius 1 is 1.28 bits per heavy atom. The largest absolute Gasteiger partial charge is 0.491 e. The molecule has 32 heavy (non-hydrogen) atoms. The van der Waals surface area contributed by atoms with Crippen LogP contribution in [0, 0.1) is 5.92 Å². The lowest BCUT2D eigenvalue weighted by Gasteiger charge is -2.30. The fourth-order valence-corrected chi connectivity index (χ4v) is 4.49. The molecule has 0 fully saturated rings. The summed E-state index contributed by atoms with van der Waals surface area (Å²) in [5, 5.41) is 3.32. The van der Waals surface area contributed by atoms with E-state index in [-0.39, 0.29) is 34.7 Å². The number of nitrogens with one attached hydrogen (secondary N) is 2. The first kappa shape index (κ1) is 24.0. The average Bonchev–Trinajstić information content (AvgIpc) is 3.20. The van der Waals surface area contributed by atoms with Gasteiger partial charge in [-0.3, -0.25) is 9.52 Å². The number of aromatic nitrogens is 2. The molecule has 10 nitrogen and oxygen atoms in total. The molecular weight excluding hydrogens is 434 g/mol. The molecule has 2 heterocycles. The lowest BCUT2D eigenvalue weighted by Crippen LogP contribution is -2.44. The summed E-state index contributed by atoms with van der Waals surface area (Å²) in [6.45, 7) is 5.50. The van der Waals surface area contributed by atoms with Crippen LogP contribution in [0.25, 0.3) is 0 Å². The average molecular weight is 466 g/mol. The van der Waals surface area contributed by atoms with Gasteiger partial charge in [0.15, 0.2) is 5.03 Å². The van der Waals surface area contributed by atoms with Gasteiger partial charge in [0.05, 0.1) is 23.7 Å². The van der Waals surface area contributed by atoms with E-state index in [4.69, 9.17) is 9.47 Å². The van der Waals surface area contributed by atoms with Crippen LogP contribution in [0.1, 0.15) is 24.2 Å². The van der Waals surface area contributed by atoms with E-state index >= 15 is 0 Å². The van der Waals surface area contributed by atoms with Gasteiger partial charge in [0.2, 0.25) is 0 Å². The van der Waals surface area contributed by atoms with Crippen molar-refractivity contribution in [3.8, 4) is 5.75 Å². The topological polar surface area (TPSA) is 115 Å². The van der Waals surface area contributed by atoms with Gasteiger partial charge in [0.1, 0.15) is 12.4 Å². The van der Waals surface area contributed by atoms with Gasteiger partial charge in [-0.2, -0.15) is 8.42 Å². The molecule has 0 aliphatic carbocycles. The molecule has 2 aromatic rings. The number of hydrogen-bond acceptors (Lipinski definition) is 7. The van der Waals surface area contributed by atoms with E-state index in [0.29, 0.717) is 31.0 Å². The molecule has 3 rings (SSSR count). The molecule has 0 unspecified atom stereocenters. The molecule has 1 aliphatic rings. The van der Waals surface area contributed by atoms with Crippen LogP contribution in [-0.4, -0.2) is 74.8 Å². The maximum Gasteiger partial charge on any atom is 0.280 e. The number of carbonyl (C=O) groups excluding carboxylic acids is 1. The van der Waals surface area contributed by atoms with Gasteiger partial charge in [-0.25, -0.2) is 4.98 Å². The van der Waals surface area contributed by atoms with Crippen molar-refractivity contribution in [3.05, 3.63) is 36.3 Å². The normalized spacial score (nSPS) is 23.0. The van der Waals surface area contributed by atoms with Crippen LogP contribution < -0.4 is 14.8 Å². The summed E-state index contributed by atoms with van der Waals surface area (Å²) in [6, 6.07) is 4.65. The Balaban J connectivity index is 1.91. The van der Waals surface area contributed by atoms with E-state index in [1.807, 2.05) is 6.92 Å².